The number of carbonyl (C=O) groups is 2. The minimum atomic E-state index is -1.20. The Labute approximate surface area is 205 Å². The summed E-state index contributed by atoms with van der Waals surface area (Å²) in [5.74, 6) is -2.38. The number of nitrogen functional groups attached to an aromatic ring is 2. The highest BCUT2D eigenvalue weighted by molar-refractivity contribution is 5.96. The van der Waals surface area contributed by atoms with Crippen molar-refractivity contribution in [3.8, 4) is 0 Å². The van der Waals surface area contributed by atoms with Crippen LogP contribution in [0.15, 0.2) is 54.6 Å². The van der Waals surface area contributed by atoms with Crippen molar-refractivity contribution in [1.82, 2.24) is 0 Å². The minimum Gasteiger partial charge on any atom is -0.478 e. The third kappa shape index (κ3) is 4.86. The summed E-state index contributed by atoms with van der Waals surface area (Å²) < 4.78 is 0. The molecule has 3 aromatic carbocycles. The third-order valence-corrected chi connectivity index (χ3v) is 6.97. The number of benzene rings is 3. The number of carboxylic acids is 2. The first-order valence-electron chi connectivity index (χ1n) is 11.4. The molecule has 0 aromatic heterocycles. The standard InChI is InChI=1S/C19H24N2.C9H9NO4/c1-18(2)12-19(3,16-7-5-4-6-15(16)18)14-9-8-13(11-20)17(21)10-14;1-4-6(9(13)14)2-5(8(11)12)3-7(4)10/h4-10H,11-12,20-21H2,1-3H3;2-3H,10H2,1H3,(H,11,12)(H,13,14). The van der Waals surface area contributed by atoms with Gasteiger partial charge in [0.05, 0.1) is 11.1 Å². The maximum Gasteiger partial charge on any atom is 0.336 e. The summed E-state index contributed by atoms with van der Waals surface area (Å²) in [6.07, 6.45) is 1.10. The van der Waals surface area contributed by atoms with Crippen molar-refractivity contribution in [2.75, 3.05) is 11.5 Å². The Kier molecular flexibility index (Phi) is 6.94. The van der Waals surface area contributed by atoms with Crippen LogP contribution in [0.3, 0.4) is 0 Å². The van der Waals surface area contributed by atoms with Crippen molar-refractivity contribution < 1.29 is 19.8 Å². The maximum atomic E-state index is 10.7. The molecule has 1 aliphatic carbocycles. The van der Waals surface area contributed by atoms with Crippen molar-refractivity contribution in [2.45, 2.75) is 51.5 Å². The number of anilines is 2. The monoisotopic (exact) mass is 475 g/mol. The molecule has 1 unspecified atom stereocenters. The molecule has 3 aromatic rings. The summed E-state index contributed by atoms with van der Waals surface area (Å²) >= 11 is 0. The van der Waals surface area contributed by atoms with E-state index in [0.717, 1.165) is 23.7 Å². The number of rotatable bonds is 4. The maximum absolute atomic E-state index is 10.7. The molecule has 0 aliphatic heterocycles. The predicted octanol–water partition coefficient (Wildman–Crippen LogP) is 4.69. The van der Waals surface area contributed by atoms with Crippen molar-refractivity contribution in [1.29, 1.82) is 0 Å². The molecule has 0 spiro atoms. The number of aromatic carboxylic acids is 2. The second-order valence-electron chi connectivity index (χ2n) is 9.90. The van der Waals surface area contributed by atoms with E-state index in [4.69, 9.17) is 27.4 Å². The van der Waals surface area contributed by atoms with Gasteiger partial charge in [0, 0.05) is 23.3 Å². The highest BCUT2D eigenvalue weighted by atomic mass is 16.4. The highest BCUT2D eigenvalue weighted by Gasteiger charge is 2.45. The van der Waals surface area contributed by atoms with Gasteiger partial charge in [-0.1, -0.05) is 57.2 Å². The van der Waals surface area contributed by atoms with Crippen LogP contribution in [0.4, 0.5) is 11.4 Å². The topological polar surface area (TPSA) is 153 Å². The zero-order valence-corrected chi connectivity index (χ0v) is 20.6. The molecule has 0 radical (unpaired) electrons. The number of carboxylic acid groups (broad SMARTS) is 2. The van der Waals surface area contributed by atoms with Gasteiger partial charge < -0.3 is 27.4 Å². The van der Waals surface area contributed by atoms with E-state index in [2.05, 4.69) is 63.2 Å². The first-order chi connectivity index (χ1) is 16.3. The third-order valence-electron chi connectivity index (χ3n) is 6.97. The van der Waals surface area contributed by atoms with Crippen molar-refractivity contribution in [3.05, 3.63) is 93.5 Å². The molecule has 0 saturated carbocycles. The molecule has 1 aliphatic rings. The smallest absolute Gasteiger partial charge is 0.336 e. The lowest BCUT2D eigenvalue weighted by Crippen LogP contribution is -2.23. The second-order valence-corrected chi connectivity index (χ2v) is 9.90. The molecule has 4 rings (SSSR count). The summed E-state index contributed by atoms with van der Waals surface area (Å²) in [6, 6.07) is 17.5. The van der Waals surface area contributed by atoms with Crippen LogP contribution in [0.5, 0.6) is 0 Å². The van der Waals surface area contributed by atoms with E-state index >= 15 is 0 Å². The van der Waals surface area contributed by atoms with Gasteiger partial charge in [-0.25, -0.2) is 9.59 Å². The second kappa shape index (κ2) is 9.43. The molecule has 7 heteroatoms. The van der Waals surface area contributed by atoms with Gasteiger partial charge in [-0.3, -0.25) is 0 Å². The van der Waals surface area contributed by atoms with Crippen molar-refractivity contribution in [2.24, 2.45) is 5.73 Å². The van der Waals surface area contributed by atoms with Gasteiger partial charge in [-0.2, -0.15) is 0 Å². The lowest BCUT2D eigenvalue weighted by Gasteiger charge is -2.29. The quantitative estimate of drug-likeness (QED) is 0.343. The molecule has 7 nitrogen and oxygen atoms in total. The average Bonchev–Trinajstić information content (AvgIpc) is 3.02. The number of hydrogen-bond acceptors (Lipinski definition) is 5. The molecular formula is C28H33N3O4. The molecule has 0 fully saturated rings. The Morgan fingerprint density at radius 1 is 0.886 bits per heavy atom. The first-order valence-corrected chi connectivity index (χ1v) is 11.4. The van der Waals surface area contributed by atoms with E-state index in [-0.39, 0.29) is 27.6 Å². The van der Waals surface area contributed by atoms with E-state index in [1.165, 1.54) is 29.7 Å². The number of nitrogens with two attached hydrogens (primary N) is 3. The summed E-state index contributed by atoms with van der Waals surface area (Å²) in [5, 5.41) is 17.4. The van der Waals surface area contributed by atoms with Crippen molar-refractivity contribution in [3.63, 3.8) is 0 Å². The Morgan fingerprint density at radius 2 is 1.51 bits per heavy atom. The highest BCUT2D eigenvalue weighted by Crippen LogP contribution is 2.52. The molecule has 1 atom stereocenters. The first kappa shape index (κ1) is 25.8. The number of fused-ring (bicyclic) bond motifs is 1. The summed E-state index contributed by atoms with van der Waals surface area (Å²) in [4.78, 5) is 21.3. The Balaban J connectivity index is 0.000000214. The van der Waals surface area contributed by atoms with E-state index in [9.17, 15) is 9.59 Å². The Hall–Kier alpha value is -3.84. The Bertz CT molecular complexity index is 1300. The summed E-state index contributed by atoms with van der Waals surface area (Å²) in [5.41, 5.74) is 23.9. The largest absolute Gasteiger partial charge is 0.478 e. The molecule has 0 saturated heterocycles. The van der Waals surface area contributed by atoms with Crippen LogP contribution in [0.2, 0.25) is 0 Å². The molecule has 0 heterocycles. The van der Waals surface area contributed by atoms with Crippen LogP contribution in [0.25, 0.3) is 0 Å². The fraction of sp³-hybridized carbons (Fsp3) is 0.286. The van der Waals surface area contributed by atoms with Gasteiger partial charge in [0.1, 0.15) is 0 Å². The zero-order chi connectivity index (χ0) is 26.1. The average molecular weight is 476 g/mol. The van der Waals surface area contributed by atoms with Gasteiger partial charge in [0.15, 0.2) is 0 Å². The van der Waals surface area contributed by atoms with E-state index in [1.807, 2.05) is 0 Å². The fourth-order valence-electron chi connectivity index (χ4n) is 5.09. The molecule has 0 bridgehead atoms. The van der Waals surface area contributed by atoms with Crippen LogP contribution in [0.1, 0.15) is 75.7 Å². The van der Waals surface area contributed by atoms with Gasteiger partial charge in [-0.05, 0) is 64.8 Å². The minimum absolute atomic E-state index is 0.0152. The molecule has 35 heavy (non-hydrogen) atoms. The lowest BCUT2D eigenvalue weighted by molar-refractivity contribution is 0.0695. The van der Waals surface area contributed by atoms with Gasteiger partial charge in [-0.15, -0.1) is 0 Å². The van der Waals surface area contributed by atoms with Crippen LogP contribution >= 0.6 is 0 Å². The number of hydrogen-bond donors (Lipinski definition) is 5. The molecule has 0 amide bonds. The van der Waals surface area contributed by atoms with Gasteiger partial charge in [0.2, 0.25) is 0 Å². The van der Waals surface area contributed by atoms with Gasteiger partial charge in [0.25, 0.3) is 0 Å². The SMILES string of the molecule is CC1(C)CC(C)(c2ccc(CN)c(N)c2)c2ccccc21.Cc1c(N)cc(C(=O)O)cc1C(=O)O. The summed E-state index contributed by atoms with van der Waals surface area (Å²) in [7, 11) is 0. The van der Waals surface area contributed by atoms with Gasteiger partial charge >= 0.3 is 11.9 Å². The van der Waals surface area contributed by atoms with E-state index in [1.54, 1.807) is 0 Å². The Morgan fingerprint density at radius 3 is 2.06 bits per heavy atom. The van der Waals surface area contributed by atoms with Crippen LogP contribution in [-0.2, 0) is 17.4 Å². The summed E-state index contributed by atoms with van der Waals surface area (Å²) in [6.45, 7) is 9.01. The molecule has 184 valence electrons. The van der Waals surface area contributed by atoms with Crippen LogP contribution < -0.4 is 17.2 Å². The van der Waals surface area contributed by atoms with Crippen LogP contribution in [0, 0.1) is 6.92 Å². The van der Waals surface area contributed by atoms with Crippen LogP contribution in [-0.4, -0.2) is 22.2 Å². The normalized spacial score (nSPS) is 17.7. The predicted molar refractivity (Wildman–Crippen MR) is 139 cm³/mol. The zero-order valence-electron chi connectivity index (χ0n) is 20.6. The van der Waals surface area contributed by atoms with E-state index in [0.29, 0.717) is 12.1 Å². The lowest BCUT2D eigenvalue weighted by atomic mass is 9.75. The molecule has 8 N–H and O–H groups in total. The fourth-order valence-corrected chi connectivity index (χ4v) is 5.09. The van der Waals surface area contributed by atoms with E-state index < -0.39 is 11.9 Å². The van der Waals surface area contributed by atoms with Crippen molar-refractivity contribution >= 4 is 23.3 Å². The molecular weight excluding hydrogens is 442 g/mol.